The second-order valence-electron chi connectivity index (χ2n) is 2.59. The minimum absolute atomic E-state index is 0.117. The Labute approximate surface area is 95.7 Å². The number of alkyl halides is 1. The van der Waals surface area contributed by atoms with Gasteiger partial charge in [0.05, 0.1) is 9.82 Å². The molecule has 82 valence electrons. The average molecular weight is 270 g/mol. The van der Waals surface area contributed by atoms with E-state index in [-0.39, 0.29) is 9.92 Å². The van der Waals surface area contributed by atoms with Crippen molar-refractivity contribution < 1.29 is 13.3 Å². The largest absolute Gasteiger partial charge is 0.289 e. The fourth-order valence-corrected chi connectivity index (χ4v) is 2.15. The Bertz CT molecular complexity index is 500. The van der Waals surface area contributed by atoms with E-state index in [9.17, 15) is 18.5 Å². The van der Waals surface area contributed by atoms with E-state index in [0.29, 0.717) is 0 Å². The van der Waals surface area contributed by atoms with Gasteiger partial charge in [-0.25, -0.2) is 8.42 Å². The predicted octanol–water partition coefficient (Wildman–Crippen LogP) is 2.22. The first-order valence-electron chi connectivity index (χ1n) is 3.61. The Hall–Kier alpha value is -0.850. The Kier molecular flexibility index (Phi) is 3.54. The Morgan fingerprint density at radius 3 is 2.47 bits per heavy atom. The molecule has 0 aromatic heterocycles. The number of sulfone groups is 1. The maximum atomic E-state index is 11.3. The van der Waals surface area contributed by atoms with E-state index in [1.807, 2.05) is 0 Å². The first-order chi connectivity index (χ1) is 6.88. The molecule has 1 rings (SSSR count). The van der Waals surface area contributed by atoms with Crippen molar-refractivity contribution >= 4 is 38.7 Å². The summed E-state index contributed by atoms with van der Waals surface area (Å²) < 4.78 is 22.6. The topological polar surface area (TPSA) is 77.3 Å². The maximum Gasteiger partial charge on any atom is 0.289 e. The maximum absolute atomic E-state index is 11.3. The molecule has 0 atom stereocenters. The first kappa shape index (κ1) is 12.2. The van der Waals surface area contributed by atoms with Crippen LogP contribution in [0.5, 0.6) is 0 Å². The molecular formula is C7H5Cl2NO4S. The lowest BCUT2D eigenvalue weighted by atomic mass is 10.3. The molecular weight excluding hydrogens is 265 g/mol. The van der Waals surface area contributed by atoms with Gasteiger partial charge in [0.15, 0.2) is 9.84 Å². The van der Waals surface area contributed by atoms with Crippen LogP contribution in [0.4, 0.5) is 5.69 Å². The van der Waals surface area contributed by atoms with E-state index in [2.05, 4.69) is 0 Å². The molecule has 0 radical (unpaired) electrons. The van der Waals surface area contributed by atoms with Gasteiger partial charge in [0.25, 0.3) is 5.69 Å². The molecule has 0 saturated carbocycles. The molecule has 0 aliphatic heterocycles. The molecule has 0 heterocycles. The highest BCUT2D eigenvalue weighted by Crippen LogP contribution is 2.27. The van der Waals surface area contributed by atoms with Crippen LogP contribution in [0.2, 0.25) is 5.02 Å². The van der Waals surface area contributed by atoms with Crippen LogP contribution in [0.3, 0.4) is 0 Å². The van der Waals surface area contributed by atoms with E-state index < -0.39 is 25.7 Å². The minimum Gasteiger partial charge on any atom is -0.258 e. The average Bonchev–Trinajstić information content (AvgIpc) is 2.17. The number of hydrogen-bond donors (Lipinski definition) is 0. The smallest absolute Gasteiger partial charge is 0.258 e. The molecule has 0 aliphatic carbocycles. The molecule has 0 bridgehead atoms. The Balaban J connectivity index is 3.38. The second kappa shape index (κ2) is 4.34. The van der Waals surface area contributed by atoms with E-state index in [4.69, 9.17) is 23.2 Å². The minimum atomic E-state index is -3.67. The van der Waals surface area contributed by atoms with Crippen LogP contribution in [0.25, 0.3) is 0 Å². The number of nitro groups is 1. The van der Waals surface area contributed by atoms with Gasteiger partial charge in [-0.3, -0.25) is 10.1 Å². The van der Waals surface area contributed by atoms with Crippen LogP contribution >= 0.6 is 23.2 Å². The highest BCUT2D eigenvalue weighted by Gasteiger charge is 2.19. The fraction of sp³-hybridized carbons (Fsp3) is 0.143. The fourth-order valence-electron chi connectivity index (χ4n) is 0.889. The number of nitro benzene ring substituents is 1. The summed E-state index contributed by atoms with van der Waals surface area (Å²) in [6, 6.07) is 3.21. The third kappa shape index (κ3) is 2.58. The number of hydrogen-bond acceptors (Lipinski definition) is 4. The molecule has 0 saturated heterocycles. The van der Waals surface area contributed by atoms with Crippen molar-refractivity contribution in [2.24, 2.45) is 0 Å². The van der Waals surface area contributed by atoms with Crippen molar-refractivity contribution in [3.05, 3.63) is 33.3 Å². The summed E-state index contributed by atoms with van der Waals surface area (Å²) in [5.41, 5.74) is -0.456. The summed E-state index contributed by atoms with van der Waals surface area (Å²) in [4.78, 5) is 9.51. The molecule has 1 aromatic rings. The van der Waals surface area contributed by atoms with Crippen LogP contribution in [-0.2, 0) is 9.84 Å². The quantitative estimate of drug-likeness (QED) is 0.479. The normalized spacial score (nSPS) is 11.3. The molecule has 15 heavy (non-hydrogen) atoms. The zero-order valence-electron chi connectivity index (χ0n) is 7.18. The molecule has 1 aromatic carbocycles. The molecule has 0 aliphatic rings. The zero-order valence-corrected chi connectivity index (χ0v) is 9.51. The highest BCUT2D eigenvalue weighted by atomic mass is 35.5. The third-order valence-corrected chi connectivity index (χ3v) is 4.06. The molecule has 0 spiro atoms. The van der Waals surface area contributed by atoms with Gasteiger partial charge in [-0.1, -0.05) is 11.6 Å². The van der Waals surface area contributed by atoms with Gasteiger partial charge in [0, 0.05) is 6.07 Å². The SMILES string of the molecule is O=[N+]([O-])c1cc(S(=O)(=O)CCl)ccc1Cl. The lowest BCUT2D eigenvalue weighted by Gasteiger charge is -2.00. The number of halogens is 2. The summed E-state index contributed by atoms with van der Waals surface area (Å²) in [6.07, 6.45) is 0. The Morgan fingerprint density at radius 2 is 2.00 bits per heavy atom. The molecule has 0 amide bonds. The van der Waals surface area contributed by atoms with Gasteiger partial charge in [-0.05, 0) is 12.1 Å². The predicted molar refractivity (Wildman–Crippen MR) is 56.0 cm³/mol. The summed E-state index contributed by atoms with van der Waals surface area (Å²) in [7, 11) is -3.67. The molecule has 0 N–H and O–H groups in total. The monoisotopic (exact) mass is 269 g/mol. The van der Waals surface area contributed by atoms with Gasteiger partial charge in [-0.15, -0.1) is 11.6 Å². The number of rotatable bonds is 3. The van der Waals surface area contributed by atoms with Crippen LogP contribution in [0.1, 0.15) is 0 Å². The van der Waals surface area contributed by atoms with Gasteiger partial charge >= 0.3 is 0 Å². The van der Waals surface area contributed by atoms with Crippen molar-refractivity contribution in [2.75, 3.05) is 5.21 Å². The van der Waals surface area contributed by atoms with Crippen molar-refractivity contribution in [3.8, 4) is 0 Å². The molecule has 8 heteroatoms. The van der Waals surface area contributed by atoms with E-state index in [0.717, 1.165) is 12.1 Å². The van der Waals surface area contributed by atoms with Crippen LogP contribution in [0, 0.1) is 10.1 Å². The zero-order chi connectivity index (χ0) is 11.6. The molecule has 0 fully saturated rings. The highest BCUT2D eigenvalue weighted by molar-refractivity contribution is 7.92. The van der Waals surface area contributed by atoms with Gasteiger partial charge in [0.2, 0.25) is 0 Å². The molecule has 0 unspecified atom stereocenters. The van der Waals surface area contributed by atoms with Gasteiger partial charge < -0.3 is 0 Å². The third-order valence-electron chi connectivity index (χ3n) is 1.62. The van der Waals surface area contributed by atoms with E-state index in [1.165, 1.54) is 6.07 Å². The summed E-state index contributed by atoms with van der Waals surface area (Å²) in [5.74, 6) is 0. The lowest BCUT2D eigenvalue weighted by Crippen LogP contribution is -2.02. The van der Waals surface area contributed by atoms with E-state index >= 15 is 0 Å². The van der Waals surface area contributed by atoms with Crippen LogP contribution < -0.4 is 0 Å². The first-order valence-corrected chi connectivity index (χ1v) is 6.17. The Morgan fingerprint density at radius 1 is 1.40 bits per heavy atom. The molecule has 5 nitrogen and oxygen atoms in total. The van der Waals surface area contributed by atoms with Crippen molar-refractivity contribution in [3.63, 3.8) is 0 Å². The summed E-state index contributed by atoms with van der Waals surface area (Å²) in [6.45, 7) is 0. The lowest BCUT2D eigenvalue weighted by molar-refractivity contribution is -0.384. The second-order valence-corrected chi connectivity index (χ2v) is 5.58. The van der Waals surface area contributed by atoms with Gasteiger partial charge in [-0.2, -0.15) is 0 Å². The summed E-state index contributed by atoms with van der Waals surface area (Å²) >= 11 is 10.7. The summed E-state index contributed by atoms with van der Waals surface area (Å²) in [5, 5.41) is 9.73. The van der Waals surface area contributed by atoms with Gasteiger partial charge in [0.1, 0.15) is 10.2 Å². The van der Waals surface area contributed by atoms with Crippen molar-refractivity contribution in [1.82, 2.24) is 0 Å². The van der Waals surface area contributed by atoms with E-state index in [1.54, 1.807) is 0 Å². The number of benzene rings is 1. The van der Waals surface area contributed by atoms with Crippen molar-refractivity contribution in [1.29, 1.82) is 0 Å². The standard InChI is InChI=1S/C7H5Cl2NO4S/c8-4-15(13,14)5-1-2-6(9)7(3-5)10(11)12/h1-3H,4H2. The van der Waals surface area contributed by atoms with Crippen LogP contribution in [0.15, 0.2) is 23.1 Å². The number of nitrogens with zero attached hydrogens (tertiary/aromatic N) is 1. The van der Waals surface area contributed by atoms with Crippen LogP contribution in [-0.4, -0.2) is 18.6 Å². The van der Waals surface area contributed by atoms with Crippen molar-refractivity contribution in [2.45, 2.75) is 4.90 Å².